The van der Waals surface area contributed by atoms with Crippen LogP contribution in [-0.4, -0.2) is 66.2 Å². The summed E-state index contributed by atoms with van der Waals surface area (Å²) >= 11 is 0. The smallest absolute Gasteiger partial charge is 0.340 e. The van der Waals surface area contributed by atoms with Gasteiger partial charge in [-0.2, -0.15) is 0 Å². The molecule has 1 fully saturated rings. The molecule has 1 heterocycles. The van der Waals surface area contributed by atoms with Gasteiger partial charge in [-0.25, -0.2) is 9.59 Å². The molecule has 0 saturated carbocycles. The molecule has 32 heavy (non-hydrogen) atoms. The maximum Gasteiger partial charge on any atom is 0.340 e. The molecule has 0 unspecified atom stereocenters. The summed E-state index contributed by atoms with van der Waals surface area (Å²) in [6.07, 6.45) is -2.51. The molecule has 3 rings (SSSR count). The van der Waals surface area contributed by atoms with E-state index in [0.717, 1.165) is 0 Å². The molecular weight excluding hydrogens is 424 g/mol. The number of hydrogen-bond donors (Lipinski definition) is 0. The first-order valence-corrected chi connectivity index (χ1v) is 9.60. The van der Waals surface area contributed by atoms with E-state index in [0.29, 0.717) is 23.0 Å². The van der Waals surface area contributed by atoms with Crippen LogP contribution in [0, 0.1) is 0 Å². The van der Waals surface area contributed by atoms with Crippen molar-refractivity contribution in [1.82, 2.24) is 0 Å². The number of rotatable bonds is 8. The molecule has 0 N–H and O–H groups in total. The molecule has 0 radical (unpaired) electrons. The van der Waals surface area contributed by atoms with Crippen LogP contribution in [0.5, 0.6) is 23.0 Å². The van der Waals surface area contributed by atoms with Crippen molar-refractivity contribution >= 4 is 11.9 Å². The third kappa shape index (κ3) is 5.21. The molecule has 10 heteroatoms. The maximum atomic E-state index is 12.6. The average molecular weight is 448 g/mol. The van der Waals surface area contributed by atoms with Gasteiger partial charge in [0.1, 0.15) is 0 Å². The van der Waals surface area contributed by atoms with Gasteiger partial charge in [-0.15, -0.1) is 0 Å². The lowest BCUT2D eigenvalue weighted by Crippen LogP contribution is -2.44. The van der Waals surface area contributed by atoms with Crippen LogP contribution in [0.1, 0.15) is 20.7 Å². The van der Waals surface area contributed by atoms with Gasteiger partial charge < -0.3 is 37.9 Å². The van der Waals surface area contributed by atoms with E-state index in [1.165, 1.54) is 52.7 Å². The van der Waals surface area contributed by atoms with Crippen molar-refractivity contribution in [1.29, 1.82) is 0 Å². The predicted octanol–water partition coefficient (Wildman–Crippen LogP) is 2.43. The van der Waals surface area contributed by atoms with Crippen LogP contribution in [0.2, 0.25) is 0 Å². The largest absolute Gasteiger partial charge is 0.493 e. The lowest BCUT2D eigenvalue weighted by Gasteiger charge is -2.30. The van der Waals surface area contributed by atoms with E-state index in [1.807, 2.05) is 0 Å². The summed E-state index contributed by atoms with van der Waals surface area (Å²) in [7, 11) is 5.88. The first-order valence-electron chi connectivity index (χ1n) is 9.60. The second kappa shape index (κ2) is 10.7. The molecule has 1 saturated heterocycles. The van der Waals surface area contributed by atoms with Crippen molar-refractivity contribution in [3.8, 4) is 23.0 Å². The van der Waals surface area contributed by atoms with Gasteiger partial charge in [0.25, 0.3) is 12.6 Å². The standard InChI is InChI=1S/C22H24O10/c1-25-15-7-5-13(11-17(15)27-3)19(23)31-21-22(30-10-9-29-21)32-20(24)14-6-8-16(26-2)18(12-14)28-4/h5-8,11-12,21-22H,9-10H2,1-4H3/t21-,22-/m0/s1. The molecule has 10 nitrogen and oxygen atoms in total. The van der Waals surface area contributed by atoms with Crippen molar-refractivity contribution in [2.45, 2.75) is 12.6 Å². The minimum absolute atomic E-state index is 0.161. The lowest BCUT2D eigenvalue weighted by atomic mass is 10.2. The van der Waals surface area contributed by atoms with E-state index in [9.17, 15) is 9.59 Å². The number of hydrogen-bond acceptors (Lipinski definition) is 10. The molecule has 0 aromatic heterocycles. The third-order valence-electron chi connectivity index (χ3n) is 4.55. The molecule has 1 aliphatic heterocycles. The summed E-state index contributed by atoms with van der Waals surface area (Å²) in [6.45, 7) is 0.322. The predicted molar refractivity (Wildman–Crippen MR) is 109 cm³/mol. The fourth-order valence-electron chi connectivity index (χ4n) is 2.94. The summed E-state index contributed by atoms with van der Waals surface area (Å²) in [5.41, 5.74) is 0.392. The van der Waals surface area contributed by atoms with Gasteiger partial charge in [-0.3, -0.25) is 0 Å². The molecule has 1 aliphatic rings. The zero-order valence-electron chi connectivity index (χ0n) is 18.1. The van der Waals surface area contributed by atoms with Gasteiger partial charge in [-0.1, -0.05) is 0 Å². The minimum Gasteiger partial charge on any atom is -0.493 e. The molecule has 2 aromatic rings. The van der Waals surface area contributed by atoms with Crippen LogP contribution >= 0.6 is 0 Å². The summed E-state index contributed by atoms with van der Waals surface area (Å²) in [5, 5.41) is 0. The highest BCUT2D eigenvalue weighted by atomic mass is 16.8. The van der Waals surface area contributed by atoms with Gasteiger partial charge in [0.05, 0.1) is 52.8 Å². The SMILES string of the molecule is COc1ccc(C(=O)O[C@@H]2OCCO[C@H]2OC(=O)c2ccc(OC)c(OC)c2)cc1OC. The zero-order valence-corrected chi connectivity index (χ0v) is 18.1. The molecule has 172 valence electrons. The highest BCUT2D eigenvalue weighted by molar-refractivity contribution is 5.91. The van der Waals surface area contributed by atoms with Crippen LogP contribution in [0.15, 0.2) is 36.4 Å². The van der Waals surface area contributed by atoms with Crippen molar-refractivity contribution in [3.05, 3.63) is 47.5 Å². The summed E-state index contributed by atoms with van der Waals surface area (Å²) in [6, 6.07) is 9.10. The minimum atomic E-state index is -1.26. The Labute approximate surface area is 184 Å². The van der Waals surface area contributed by atoms with Crippen LogP contribution in [0.25, 0.3) is 0 Å². The number of carbonyl (C=O) groups is 2. The summed E-state index contributed by atoms with van der Waals surface area (Å²) in [4.78, 5) is 25.2. The van der Waals surface area contributed by atoms with Crippen LogP contribution in [-0.2, 0) is 18.9 Å². The molecule has 0 amide bonds. The van der Waals surface area contributed by atoms with Gasteiger partial charge in [0, 0.05) is 0 Å². The van der Waals surface area contributed by atoms with E-state index in [1.54, 1.807) is 12.1 Å². The first-order chi connectivity index (χ1) is 15.5. The topological polar surface area (TPSA) is 108 Å². The van der Waals surface area contributed by atoms with Gasteiger partial charge >= 0.3 is 11.9 Å². The first kappa shape index (κ1) is 23.2. The molecule has 0 bridgehead atoms. The molecule has 0 aliphatic carbocycles. The van der Waals surface area contributed by atoms with Gasteiger partial charge in [0.2, 0.25) is 0 Å². The number of methoxy groups -OCH3 is 4. The molecule has 0 spiro atoms. The Hall–Kier alpha value is -3.50. The van der Waals surface area contributed by atoms with Crippen LogP contribution in [0.4, 0.5) is 0 Å². The van der Waals surface area contributed by atoms with Crippen molar-refractivity contribution in [2.75, 3.05) is 41.7 Å². The van der Waals surface area contributed by atoms with E-state index in [2.05, 4.69) is 0 Å². The van der Waals surface area contributed by atoms with Gasteiger partial charge in [-0.05, 0) is 36.4 Å². The number of carbonyl (C=O) groups excluding carboxylic acids is 2. The second-order valence-corrected chi connectivity index (χ2v) is 6.43. The average Bonchev–Trinajstić information content (AvgIpc) is 2.84. The Morgan fingerprint density at radius 1 is 0.656 bits per heavy atom. The second-order valence-electron chi connectivity index (χ2n) is 6.43. The Balaban J connectivity index is 1.71. The third-order valence-corrected chi connectivity index (χ3v) is 4.55. The lowest BCUT2D eigenvalue weighted by molar-refractivity contribution is -0.288. The van der Waals surface area contributed by atoms with Crippen molar-refractivity contribution < 1.29 is 47.5 Å². The molecule has 2 atom stereocenters. The normalized spacial score (nSPS) is 17.8. The molecule has 2 aromatic carbocycles. The Bertz CT molecular complexity index is 880. The number of benzene rings is 2. The highest BCUT2D eigenvalue weighted by Crippen LogP contribution is 2.29. The van der Waals surface area contributed by atoms with E-state index in [4.69, 9.17) is 37.9 Å². The highest BCUT2D eigenvalue weighted by Gasteiger charge is 2.34. The fraction of sp³-hybridized carbons (Fsp3) is 0.364. The van der Waals surface area contributed by atoms with Crippen LogP contribution in [0.3, 0.4) is 0 Å². The summed E-state index contributed by atoms with van der Waals surface area (Å²) < 4.78 is 42.4. The van der Waals surface area contributed by atoms with E-state index < -0.39 is 24.5 Å². The monoisotopic (exact) mass is 448 g/mol. The van der Waals surface area contributed by atoms with Gasteiger partial charge in [0.15, 0.2) is 23.0 Å². The summed E-state index contributed by atoms with van der Waals surface area (Å²) in [5.74, 6) is 0.215. The Morgan fingerprint density at radius 3 is 1.38 bits per heavy atom. The zero-order chi connectivity index (χ0) is 23.1. The fourth-order valence-corrected chi connectivity index (χ4v) is 2.94. The van der Waals surface area contributed by atoms with Crippen molar-refractivity contribution in [2.24, 2.45) is 0 Å². The Kier molecular flexibility index (Phi) is 7.74. The molecular formula is C22H24O10. The Morgan fingerprint density at radius 2 is 1.03 bits per heavy atom. The number of ether oxygens (including phenoxy) is 8. The van der Waals surface area contributed by atoms with E-state index in [-0.39, 0.29) is 24.3 Å². The maximum absolute atomic E-state index is 12.6. The van der Waals surface area contributed by atoms with E-state index >= 15 is 0 Å². The van der Waals surface area contributed by atoms with Crippen molar-refractivity contribution in [3.63, 3.8) is 0 Å². The quantitative estimate of drug-likeness (QED) is 0.559. The van der Waals surface area contributed by atoms with Crippen LogP contribution < -0.4 is 18.9 Å². The number of esters is 2.